The third-order valence-corrected chi connectivity index (χ3v) is 5.59. The van der Waals surface area contributed by atoms with Gasteiger partial charge in [-0.15, -0.1) is 0 Å². The molecular formula is C26H26ClN5O4. The normalized spacial score (nSPS) is 10.8. The summed E-state index contributed by atoms with van der Waals surface area (Å²) in [7, 11) is 3.19. The van der Waals surface area contributed by atoms with Gasteiger partial charge in [-0.25, -0.2) is 9.97 Å². The van der Waals surface area contributed by atoms with Crippen LogP contribution in [0.4, 0.5) is 11.5 Å². The number of methoxy groups -OCH3 is 1. The van der Waals surface area contributed by atoms with Crippen molar-refractivity contribution in [2.24, 2.45) is 0 Å². The number of carbonyl (C=O) groups excluding carboxylic acids is 1. The molecule has 0 atom stereocenters. The van der Waals surface area contributed by atoms with Crippen molar-refractivity contribution in [1.82, 2.24) is 19.9 Å². The number of halogens is 1. The first kappa shape index (κ1) is 25.2. The molecule has 4 aromatic rings. The minimum atomic E-state index is -0.117. The number of aromatic nitrogens is 3. The van der Waals surface area contributed by atoms with Gasteiger partial charge in [0.05, 0.1) is 28.2 Å². The number of amides is 1. The van der Waals surface area contributed by atoms with Crippen LogP contribution >= 0.6 is 11.6 Å². The molecule has 0 aliphatic heterocycles. The number of carbonyl (C=O) groups is 1. The van der Waals surface area contributed by atoms with Crippen LogP contribution in [0.15, 0.2) is 67.1 Å². The molecular weight excluding hydrogens is 482 g/mol. The number of likely N-dealkylation sites (N-methyl/N-ethyl adjacent to an activating group) is 1. The van der Waals surface area contributed by atoms with Crippen molar-refractivity contribution in [2.45, 2.75) is 6.61 Å². The number of nitrogens with zero attached hydrogens (tertiary/aromatic N) is 4. The monoisotopic (exact) mass is 507 g/mol. The molecule has 1 amide bonds. The number of ether oxygens (including phenoxy) is 3. The van der Waals surface area contributed by atoms with E-state index in [0.717, 1.165) is 22.3 Å². The number of rotatable bonds is 11. The third-order valence-electron chi connectivity index (χ3n) is 5.30. The van der Waals surface area contributed by atoms with Gasteiger partial charge in [0.15, 0.2) is 0 Å². The molecule has 0 fully saturated rings. The van der Waals surface area contributed by atoms with Crippen LogP contribution in [0.1, 0.15) is 5.69 Å². The topological polar surface area (TPSA) is 98.7 Å². The number of hydrogen-bond donors (Lipinski definition) is 1. The van der Waals surface area contributed by atoms with Crippen LogP contribution in [0.25, 0.3) is 10.9 Å². The van der Waals surface area contributed by atoms with Crippen LogP contribution in [-0.2, 0) is 16.1 Å². The number of nitrogens with one attached hydrogen (secondary N) is 1. The molecule has 0 bridgehead atoms. The largest absolute Gasteiger partial charge is 0.491 e. The molecule has 0 saturated heterocycles. The van der Waals surface area contributed by atoms with Gasteiger partial charge in [0.2, 0.25) is 5.91 Å². The molecule has 0 radical (unpaired) electrons. The molecule has 1 N–H and O–H groups in total. The highest BCUT2D eigenvalue weighted by Gasteiger charge is 2.13. The van der Waals surface area contributed by atoms with E-state index in [0.29, 0.717) is 42.1 Å². The SMILES string of the molecule is COCC(=O)N(C)CCOc1cccc2ncnc(Nc3ccc(OCc4ccccn4)c(Cl)c3)c12. The van der Waals surface area contributed by atoms with E-state index in [2.05, 4.69) is 20.3 Å². The van der Waals surface area contributed by atoms with Crippen molar-refractivity contribution < 1.29 is 19.0 Å². The molecule has 0 saturated carbocycles. The number of pyridine rings is 1. The van der Waals surface area contributed by atoms with Crippen LogP contribution in [0.3, 0.4) is 0 Å². The maximum absolute atomic E-state index is 11.9. The molecule has 4 rings (SSSR count). The Balaban J connectivity index is 1.47. The molecule has 2 aromatic carbocycles. The van der Waals surface area contributed by atoms with Gasteiger partial charge in [-0.3, -0.25) is 9.78 Å². The molecule has 0 aliphatic rings. The molecule has 186 valence electrons. The minimum absolute atomic E-state index is 0.0300. The zero-order valence-corrected chi connectivity index (χ0v) is 20.7. The van der Waals surface area contributed by atoms with E-state index in [1.165, 1.54) is 13.4 Å². The minimum Gasteiger partial charge on any atom is -0.491 e. The first-order valence-corrected chi connectivity index (χ1v) is 11.6. The van der Waals surface area contributed by atoms with Crippen molar-refractivity contribution in [1.29, 1.82) is 0 Å². The Morgan fingerprint density at radius 2 is 1.92 bits per heavy atom. The summed E-state index contributed by atoms with van der Waals surface area (Å²) >= 11 is 6.47. The molecule has 0 aliphatic carbocycles. The van der Waals surface area contributed by atoms with E-state index in [1.54, 1.807) is 30.3 Å². The van der Waals surface area contributed by atoms with Gasteiger partial charge >= 0.3 is 0 Å². The maximum Gasteiger partial charge on any atom is 0.248 e. The van der Waals surface area contributed by atoms with E-state index in [-0.39, 0.29) is 12.5 Å². The maximum atomic E-state index is 11.9. The highest BCUT2D eigenvalue weighted by atomic mass is 35.5. The number of benzene rings is 2. The lowest BCUT2D eigenvalue weighted by molar-refractivity contribution is -0.134. The Labute approximate surface area is 214 Å². The van der Waals surface area contributed by atoms with E-state index in [4.69, 9.17) is 25.8 Å². The predicted octanol–water partition coefficient (Wildman–Crippen LogP) is 4.48. The lowest BCUT2D eigenvalue weighted by Crippen LogP contribution is -2.33. The first-order valence-electron chi connectivity index (χ1n) is 11.2. The second-order valence-electron chi connectivity index (χ2n) is 7.85. The predicted molar refractivity (Wildman–Crippen MR) is 138 cm³/mol. The smallest absolute Gasteiger partial charge is 0.248 e. The average Bonchev–Trinajstić information content (AvgIpc) is 2.89. The Morgan fingerprint density at radius 1 is 1.03 bits per heavy atom. The summed E-state index contributed by atoms with van der Waals surface area (Å²) in [6.45, 7) is 1.05. The fraction of sp³-hybridized carbons (Fsp3) is 0.231. The van der Waals surface area contributed by atoms with Crippen LogP contribution in [0.5, 0.6) is 11.5 Å². The fourth-order valence-electron chi connectivity index (χ4n) is 3.41. The van der Waals surface area contributed by atoms with Crippen molar-refractivity contribution in [3.05, 3.63) is 77.8 Å². The summed E-state index contributed by atoms with van der Waals surface area (Å²) in [6, 6.07) is 16.6. The van der Waals surface area contributed by atoms with Crippen molar-refractivity contribution >= 4 is 39.9 Å². The van der Waals surface area contributed by atoms with Gasteiger partial charge in [-0.05, 0) is 42.5 Å². The van der Waals surface area contributed by atoms with Gasteiger partial charge in [0, 0.05) is 26.0 Å². The Bertz CT molecular complexity index is 1320. The van der Waals surface area contributed by atoms with Gasteiger partial charge in [-0.1, -0.05) is 23.7 Å². The second kappa shape index (κ2) is 12.1. The van der Waals surface area contributed by atoms with Gasteiger partial charge < -0.3 is 24.4 Å². The van der Waals surface area contributed by atoms with Crippen LogP contribution in [0.2, 0.25) is 5.02 Å². The lowest BCUT2D eigenvalue weighted by Gasteiger charge is -2.18. The van der Waals surface area contributed by atoms with Crippen LogP contribution in [0, 0.1) is 0 Å². The highest BCUT2D eigenvalue weighted by Crippen LogP contribution is 2.34. The Hall–Kier alpha value is -3.95. The quantitative estimate of drug-likeness (QED) is 0.317. The summed E-state index contributed by atoms with van der Waals surface area (Å²) in [4.78, 5) is 26.5. The summed E-state index contributed by atoms with van der Waals surface area (Å²) in [5.74, 6) is 1.60. The zero-order chi connectivity index (χ0) is 25.3. The van der Waals surface area contributed by atoms with Crippen molar-refractivity contribution in [2.75, 3.05) is 39.2 Å². The van der Waals surface area contributed by atoms with E-state index >= 15 is 0 Å². The molecule has 2 aromatic heterocycles. The fourth-order valence-corrected chi connectivity index (χ4v) is 3.65. The van der Waals surface area contributed by atoms with E-state index in [9.17, 15) is 4.79 Å². The molecule has 36 heavy (non-hydrogen) atoms. The summed E-state index contributed by atoms with van der Waals surface area (Å²) in [6.07, 6.45) is 3.20. The number of hydrogen-bond acceptors (Lipinski definition) is 8. The average molecular weight is 508 g/mol. The van der Waals surface area contributed by atoms with Gasteiger partial charge in [-0.2, -0.15) is 0 Å². The molecule has 2 heterocycles. The molecule has 0 spiro atoms. The Morgan fingerprint density at radius 3 is 2.69 bits per heavy atom. The second-order valence-corrected chi connectivity index (χ2v) is 8.26. The lowest BCUT2D eigenvalue weighted by atomic mass is 10.2. The number of anilines is 2. The van der Waals surface area contributed by atoms with Crippen molar-refractivity contribution in [3.63, 3.8) is 0 Å². The summed E-state index contributed by atoms with van der Waals surface area (Å²) in [5.41, 5.74) is 2.25. The molecule has 10 heteroatoms. The third kappa shape index (κ3) is 6.38. The highest BCUT2D eigenvalue weighted by molar-refractivity contribution is 6.32. The van der Waals surface area contributed by atoms with Gasteiger partial charge in [0.25, 0.3) is 0 Å². The zero-order valence-electron chi connectivity index (χ0n) is 20.0. The van der Waals surface area contributed by atoms with Crippen LogP contribution in [-0.4, -0.2) is 59.7 Å². The summed E-state index contributed by atoms with van der Waals surface area (Å²) in [5, 5.41) is 4.47. The Kier molecular flexibility index (Phi) is 8.48. The van der Waals surface area contributed by atoms with E-state index in [1.807, 2.05) is 42.5 Å². The molecule has 9 nitrogen and oxygen atoms in total. The standard InChI is InChI=1S/C26H26ClN5O4/c1-32(24(33)16-34-2)12-13-35-23-8-5-7-21-25(23)26(30-17-29-21)31-18-9-10-22(20(27)14-18)36-15-19-6-3-4-11-28-19/h3-11,14,17H,12-13,15-16H2,1-2H3,(H,29,30,31). The van der Waals surface area contributed by atoms with Crippen molar-refractivity contribution in [3.8, 4) is 11.5 Å². The number of fused-ring (bicyclic) bond motifs is 1. The van der Waals surface area contributed by atoms with Gasteiger partial charge in [0.1, 0.15) is 43.5 Å². The first-order chi connectivity index (χ1) is 17.5. The molecule has 0 unspecified atom stereocenters. The van der Waals surface area contributed by atoms with E-state index < -0.39 is 0 Å². The van der Waals surface area contributed by atoms with Crippen LogP contribution < -0.4 is 14.8 Å². The summed E-state index contributed by atoms with van der Waals surface area (Å²) < 4.78 is 16.7.